The molecule has 0 saturated heterocycles. The Hall–Kier alpha value is -2.18. The average molecular weight is 717 g/mol. The van der Waals surface area contributed by atoms with E-state index >= 15 is 0 Å². The summed E-state index contributed by atoms with van der Waals surface area (Å²) < 4.78 is 10.5. The average Bonchev–Trinajstić information content (AvgIpc) is 3.11. The number of aliphatic hydroxyl groups excluding tert-OH is 2. The molecule has 6 heteroatoms. The van der Waals surface area contributed by atoms with Gasteiger partial charge >= 0.3 is 11.9 Å². The number of rotatable bonds is 37. The van der Waals surface area contributed by atoms with Gasteiger partial charge in [0.1, 0.15) is 6.61 Å². The van der Waals surface area contributed by atoms with Crippen molar-refractivity contribution in [1.82, 2.24) is 0 Å². The van der Waals surface area contributed by atoms with E-state index in [1.807, 2.05) is 24.3 Å². The fourth-order valence-electron chi connectivity index (χ4n) is 5.87. The van der Waals surface area contributed by atoms with Gasteiger partial charge in [-0.15, -0.1) is 0 Å². The smallest absolute Gasteiger partial charge is 0.306 e. The van der Waals surface area contributed by atoms with Gasteiger partial charge in [-0.1, -0.05) is 185 Å². The molecule has 0 aromatic carbocycles. The van der Waals surface area contributed by atoms with Gasteiger partial charge in [0.15, 0.2) is 6.10 Å². The quantitative estimate of drug-likeness (QED) is 0.0288. The number of allylic oxidation sites excluding steroid dienone is 6. The molecule has 0 radical (unpaired) electrons. The molecule has 0 amide bonds. The summed E-state index contributed by atoms with van der Waals surface area (Å²) in [5.74, 6) is 0.133. The number of unbranched alkanes of at least 4 members (excludes halogenated alkanes) is 19. The third-order valence-corrected chi connectivity index (χ3v) is 9.13. The van der Waals surface area contributed by atoms with Gasteiger partial charge in [0, 0.05) is 12.8 Å². The van der Waals surface area contributed by atoms with Crippen molar-refractivity contribution in [3.8, 4) is 0 Å². The summed E-state index contributed by atoms with van der Waals surface area (Å²) >= 11 is 0. The Morgan fingerprint density at radius 1 is 0.608 bits per heavy atom. The zero-order valence-electron chi connectivity index (χ0n) is 33.4. The number of esters is 2. The van der Waals surface area contributed by atoms with Gasteiger partial charge in [0.25, 0.3) is 0 Å². The highest BCUT2D eigenvalue weighted by atomic mass is 16.6. The molecular formula is C45H80O6. The maximum atomic E-state index is 12.2. The van der Waals surface area contributed by atoms with Gasteiger partial charge in [-0.05, 0) is 50.9 Å². The topological polar surface area (TPSA) is 93.1 Å². The second-order valence-corrected chi connectivity index (χ2v) is 14.7. The van der Waals surface area contributed by atoms with Crippen LogP contribution in [0, 0.1) is 5.92 Å². The first kappa shape index (κ1) is 48.8. The summed E-state index contributed by atoms with van der Waals surface area (Å²) in [7, 11) is 0. The van der Waals surface area contributed by atoms with Crippen LogP contribution in [0.1, 0.15) is 194 Å². The van der Waals surface area contributed by atoms with Crippen molar-refractivity contribution in [1.29, 1.82) is 0 Å². The van der Waals surface area contributed by atoms with Gasteiger partial charge < -0.3 is 19.7 Å². The predicted molar refractivity (Wildman–Crippen MR) is 216 cm³/mol. The highest BCUT2D eigenvalue weighted by Crippen LogP contribution is 2.15. The monoisotopic (exact) mass is 717 g/mol. The summed E-state index contributed by atoms with van der Waals surface area (Å²) in [6.07, 6.45) is 44.9. The lowest BCUT2D eigenvalue weighted by atomic mass is 10.0. The van der Waals surface area contributed by atoms with E-state index in [4.69, 9.17) is 9.47 Å². The molecule has 6 nitrogen and oxygen atoms in total. The maximum absolute atomic E-state index is 12.2. The van der Waals surface area contributed by atoms with E-state index < -0.39 is 12.2 Å². The van der Waals surface area contributed by atoms with Crippen molar-refractivity contribution in [3.05, 3.63) is 48.6 Å². The number of aliphatic hydroxyl groups is 2. The third-order valence-electron chi connectivity index (χ3n) is 9.13. The number of carbonyl (C=O) groups excluding carboxylic acids is 2. The minimum atomic E-state index is -0.820. The highest BCUT2D eigenvalue weighted by Gasteiger charge is 2.16. The summed E-state index contributed by atoms with van der Waals surface area (Å²) in [6.45, 7) is 6.35. The molecule has 0 aliphatic carbocycles. The zero-order chi connectivity index (χ0) is 37.5. The van der Waals surface area contributed by atoms with Crippen molar-refractivity contribution in [2.45, 2.75) is 206 Å². The van der Waals surface area contributed by atoms with Crippen LogP contribution >= 0.6 is 0 Å². The van der Waals surface area contributed by atoms with Crippen LogP contribution in [0.3, 0.4) is 0 Å². The van der Waals surface area contributed by atoms with Gasteiger partial charge in [0.2, 0.25) is 0 Å². The molecule has 0 aliphatic rings. The van der Waals surface area contributed by atoms with Crippen molar-refractivity contribution >= 4 is 11.9 Å². The number of hydrogen-bond donors (Lipinski definition) is 2. The first-order valence-electron chi connectivity index (χ1n) is 21.2. The first-order valence-corrected chi connectivity index (χ1v) is 21.2. The van der Waals surface area contributed by atoms with E-state index in [1.54, 1.807) is 6.08 Å². The van der Waals surface area contributed by atoms with Crippen LogP contribution in [0.2, 0.25) is 0 Å². The summed E-state index contributed by atoms with van der Waals surface area (Å²) in [6, 6.07) is 0. The Bertz CT molecular complexity index is 889. The lowest BCUT2D eigenvalue weighted by molar-refractivity contribution is -0.161. The fraction of sp³-hybridized carbons (Fsp3) is 0.778. The highest BCUT2D eigenvalue weighted by molar-refractivity contribution is 5.70. The van der Waals surface area contributed by atoms with Crippen molar-refractivity contribution in [2.24, 2.45) is 5.92 Å². The SMILES string of the molecule is CCCCC/C=C\C/C=C\CC(O)/C=C\C=C\CCCC(=O)OC[C@H](CO)OC(=O)CCCCCCCCCCCCCCCCCCC(C)C. The molecule has 0 rings (SSSR count). The Morgan fingerprint density at radius 2 is 1.16 bits per heavy atom. The molecule has 2 atom stereocenters. The minimum absolute atomic E-state index is 0.125. The van der Waals surface area contributed by atoms with Gasteiger partial charge in [0.05, 0.1) is 12.7 Å². The molecule has 2 N–H and O–H groups in total. The molecule has 0 aromatic rings. The lowest BCUT2D eigenvalue weighted by Gasteiger charge is -2.15. The number of carbonyl (C=O) groups is 2. The molecule has 0 saturated carbocycles. The number of hydrogen-bond acceptors (Lipinski definition) is 6. The lowest BCUT2D eigenvalue weighted by Crippen LogP contribution is -2.28. The molecular weight excluding hydrogens is 636 g/mol. The first-order chi connectivity index (χ1) is 24.9. The van der Waals surface area contributed by atoms with Crippen LogP contribution in [-0.2, 0) is 19.1 Å². The molecule has 0 bridgehead atoms. The Morgan fingerprint density at radius 3 is 1.75 bits per heavy atom. The summed E-state index contributed by atoms with van der Waals surface area (Å²) in [5.41, 5.74) is 0. The molecule has 0 spiro atoms. The fourth-order valence-corrected chi connectivity index (χ4v) is 5.87. The van der Waals surface area contributed by atoms with Crippen LogP contribution in [0.25, 0.3) is 0 Å². The van der Waals surface area contributed by atoms with Crippen molar-refractivity contribution < 1.29 is 29.3 Å². The molecule has 0 aliphatic heterocycles. The Kier molecular flexibility index (Phi) is 37.4. The number of ether oxygens (including phenoxy) is 2. The Labute approximate surface area is 314 Å². The molecule has 51 heavy (non-hydrogen) atoms. The van der Waals surface area contributed by atoms with E-state index in [0.717, 1.165) is 38.0 Å². The second kappa shape index (κ2) is 39.0. The van der Waals surface area contributed by atoms with Crippen LogP contribution in [0.15, 0.2) is 48.6 Å². The maximum Gasteiger partial charge on any atom is 0.306 e. The Balaban J connectivity index is 3.69. The van der Waals surface area contributed by atoms with Gasteiger partial charge in [-0.25, -0.2) is 0 Å². The van der Waals surface area contributed by atoms with Gasteiger partial charge in [-0.3, -0.25) is 9.59 Å². The molecule has 0 aromatic heterocycles. The molecule has 0 heterocycles. The van der Waals surface area contributed by atoms with E-state index in [9.17, 15) is 19.8 Å². The summed E-state index contributed by atoms with van der Waals surface area (Å²) in [4.78, 5) is 24.3. The normalized spacial score (nSPS) is 13.4. The largest absolute Gasteiger partial charge is 0.462 e. The van der Waals surface area contributed by atoms with Crippen LogP contribution < -0.4 is 0 Å². The van der Waals surface area contributed by atoms with Crippen molar-refractivity contribution in [2.75, 3.05) is 13.2 Å². The van der Waals surface area contributed by atoms with E-state index in [0.29, 0.717) is 25.7 Å². The van der Waals surface area contributed by atoms with Gasteiger partial charge in [-0.2, -0.15) is 0 Å². The van der Waals surface area contributed by atoms with E-state index in [-0.39, 0.29) is 31.6 Å². The van der Waals surface area contributed by atoms with Crippen LogP contribution in [0.5, 0.6) is 0 Å². The second-order valence-electron chi connectivity index (χ2n) is 14.7. The minimum Gasteiger partial charge on any atom is -0.462 e. The third kappa shape index (κ3) is 38.9. The van der Waals surface area contributed by atoms with E-state index in [2.05, 4.69) is 39.0 Å². The van der Waals surface area contributed by atoms with Crippen LogP contribution in [0.4, 0.5) is 0 Å². The molecule has 1 unspecified atom stereocenters. The van der Waals surface area contributed by atoms with Crippen molar-refractivity contribution in [3.63, 3.8) is 0 Å². The standard InChI is InChI=1S/C45H80O6/c1-4-5-6-7-8-17-21-25-30-35-42(47)36-31-26-23-28-32-37-44(48)50-40-43(39-46)51-45(49)38-33-27-22-19-16-14-12-10-9-11-13-15-18-20-24-29-34-41(2)3/h8,17,23,25-26,30-31,36,41-43,46-47H,4-7,9-16,18-22,24,27-29,32-35,37-40H2,1-3H3/b17-8-,26-23+,30-25-,36-31-/t42?,43-/m0/s1. The molecule has 0 fully saturated rings. The summed E-state index contributed by atoms with van der Waals surface area (Å²) in [5, 5.41) is 19.6. The molecule has 296 valence electrons. The van der Waals surface area contributed by atoms with E-state index in [1.165, 1.54) is 109 Å². The predicted octanol–water partition coefficient (Wildman–Crippen LogP) is 12.2. The zero-order valence-corrected chi connectivity index (χ0v) is 33.4. The van der Waals surface area contributed by atoms with Crippen LogP contribution in [-0.4, -0.2) is 47.6 Å².